The average molecular weight is 344 g/mol. The van der Waals surface area contributed by atoms with Crippen LogP contribution in [0.15, 0.2) is 18.2 Å². The Kier molecular flexibility index (Phi) is 4.82. The Morgan fingerprint density at radius 1 is 1.14 bits per heavy atom. The van der Waals surface area contributed by atoms with Gasteiger partial charge in [0.1, 0.15) is 0 Å². The molecule has 0 unspecified atom stereocenters. The van der Waals surface area contributed by atoms with Crippen LogP contribution in [0.25, 0.3) is 0 Å². The Morgan fingerprint density at radius 2 is 1.81 bits per heavy atom. The van der Waals surface area contributed by atoms with Crippen molar-refractivity contribution in [1.82, 2.24) is 4.98 Å². The summed E-state index contributed by atoms with van der Waals surface area (Å²) in [6.07, 6.45) is 0. The Labute approximate surface area is 135 Å². The number of aryl methyl sites for hydroxylation is 2. The number of hydrogen-bond acceptors (Lipinski definition) is 4. The third kappa shape index (κ3) is 3.93. The van der Waals surface area contributed by atoms with Crippen molar-refractivity contribution in [1.29, 1.82) is 0 Å². The van der Waals surface area contributed by atoms with E-state index < -0.39 is 11.8 Å². The molecule has 110 valence electrons. The van der Waals surface area contributed by atoms with Crippen molar-refractivity contribution >= 4 is 57.2 Å². The molecule has 0 bridgehead atoms. The molecule has 8 heteroatoms. The minimum absolute atomic E-state index is 0.274. The van der Waals surface area contributed by atoms with Gasteiger partial charge in [-0.15, -0.1) is 11.3 Å². The van der Waals surface area contributed by atoms with Crippen LogP contribution < -0.4 is 10.6 Å². The van der Waals surface area contributed by atoms with E-state index in [2.05, 4.69) is 15.6 Å². The van der Waals surface area contributed by atoms with Crippen LogP contribution in [0.2, 0.25) is 10.0 Å². The van der Waals surface area contributed by atoms with Crippen LogP contribution in [-0.4, -0.2) is 16.8 Å². The number of thiazole rings is 1. The van der Waals surface area contributed by atoms with Crippen LogP contribution in [0.4, 0.5) is 10.8 Å². The maximum atomic E-state index is 11.8. The lowest BCUT2D eigenvalue weighted by molar-refractivity contribution is -0.132. The predicted octanol–water partition coefficient (Wildman–Crippen LogP) is 3.64. The summed E-state index contributed by atoms with van der Waals surface area (Å²) in [5.74, 6) is -1.66. The number of aromatic nitrogens is 1. The van der Waals surface area contributed by atoms with Gasteiger partial charge in [-0.05, 0) is 32.0 Å². The molecule has 21 heavy (non-hydrogen) atoms. The second kappa shape index (κ2) is 6.43. The number of nitrogens with zero attached hydrogens (tertiary/aromatic N) is 1. The molecule has 1 aromatic carbocycles. The molecule has 2 amide bonds. The number of carbonyl (C=O) groups is 2. The molecule has 0 aliphatic rings. The first kappa shape index (κ1) is 15.8. The number of amides is 2. The first-order valence-electron chi connectivity index (χ1n) is 5.88. The Morgan fingerprint density at radius 3 is 2.43 bits per heavy atom. The summed E-state index contributed by atoms with van der Waals surface area (Å²) in [7, 11) is 0. The molecule has 0 atom stereocenters. The summed E-state index contributed by atoms with van der Waals surface area (Å²) in [6.45, 7) is 3.71. The number of hydrogen-bond donors (Lipinski definition) is 2. The Bertz CT molecular complexity index is 696. The molecule has 1 heterocycles. The van der Waals surface area contributed by atoms with Crippen molar-refractivity contribution < 1.29 is 9.59 Å². The van der Waals surface area contributed by atoms with Crippen molar-refractivity contribution in [3.63, 3.8) is 0 Å². The molecule has 0 spiro atoms. The van der Waals surface area contributed by atoms with E-state index in [1.54, 1.807) is 6.07 Å². The van der Waals surface area contributed by atoms with Crippen molar-refractivity contribution in [3.05, 3.63) is 38.8 Å². The first-order valence-corrected chi connectivity index (χ1v) is 7.45. The molecule has 0 fully saturated rings. The summed E-state index contributed by atoms with van der Waals surface area (Å²) in [4.78, 5) is 28.7. The van der Waals surface area contributed by atoms with Gasteiger partial charge in [-0.2, -0.15) is 0 Å². The number of rotatable bonds is 2. The summed E-state index contributed by atoms with van der Waals surface area (Å²) in [5, 5.41) is 5.91. The normalized spacial score (nSPS) is 10.3. The van der Waals surface area contributed by atoms with E-state index in [9.17, 15) is 9.59 Å². The van der Waals surface area contributed by atoms with Gasteiger partial charge in [0.2, 0.25) is 0 Å². The third-order valence-electron chi connectivity index (χ3n) is 2.63. The first-order chi connectivity index (χ1) is 9.86. The van der Waals surface area contributed by atoms with Crippen molar-refractivity contribution in [2.45, 2.75) is 13.8 Å². The molecule has 2 aromatic rings. The highest BCUT2D eigenvalue weighted by molar-refractivity contribution is 7.15. The van der Waals surface area contributed by atoms with Crippen LogP contribution >= 0.6 is 34.5 Å². The standard InChI is InChI=1S/C13H11Cl2N3O2S/c1-6-7(2)21-13(16-6)18-12(20)11(19)17-10-5-8(14)3-4-9(10)15/h3-5H,1-2H3,(H,17,19)(H,16,18,20). The fourth-order valence-corrected chi connectivity index (χ4v) is 2.60. The summed E-state index contributed by atoms with van der Waals surface area (Å²) < 4.78 is 0. The molecule has 0 saturated heterocycles. The molecule has 0 aliphatic heterocycles. The number of halogens is 2. The van der Waals surface area contributed by atoms with Gasteiger partial charge in [-0.1, -0.05) is 23.2 Å². The topological polar surface area (TPSA) is 71.1 Å². The molecule has 0 saturated carbocycles. The zero-order valence-electron chi connectivity index (χ0n) is 11.2. The lowest BCUT2D eigenvalue weighted by Crippen LogP contribution is -2.29. The fourth-order valence-electron chi connectivity index (χ4n) is 1.45. The highest BCUT2D eigenvalue weighted by atomic mass is 35.5. The Balaban J connectivity index is 2.06. The van der Waals surface area contributed by atoms with Crippen molar-refractivity contribution in [2.75, 3.05) is 10.6 Å². The molecule has 0 aliphatic carbocycles. The van der Waals surface area contributed by atoms with E-state index in [-0.39, 0.29) is 5.69 Å². The highest BCUT2D eigenvalue weighted by Gasteiger charge is 2.17. The lowest BCUT2D eigenvalue weighted by Gasteiger charge is -2.07. The second-order valence-electron chi connectivity index (χ2n) is 4.19. The minimum Gasteiger partial charge on any atom is -0.316 e. The highest BCUT2D eigenvalue weighted by Crippen LogP contribution is 2.25. The average Bonchev–Trinajstić information content (AvgIpc) is 2.72. The molecule has 2 N–H and O–H groups in total. The second-order valence-corrected chi connectivity index (χ2v) is 6.24. The number of carbonyl (C=O) groups excluding carboxylic acids is 2. The Hall–Kier alpha value is -1.63. The number of nitrogens with one attached hydrogen (secondary N) is 2. The van der Waals surface area contributed by atoms with Gasteiger partial charge < -0.3 is 5.32 Å². The minimum atomic E-state index is -0.843. The smallest absolute Gasteiger partial charge is 0.315 e. The van der Waals surface area contributed by atoms with Gasteiger partial charge in [0.25, 0.3) is 0 Å². The zero-order valence-corrected chi connectivity index (χ0v) is 13.5. The van der Waals surface area contributed by atoms with Gasteiger partial charge in [0.15, 0.2) is 5.13 Å². The number of benzene rings is 1. The molecule has 2 rings (SSSR count). The third-order valence-corrected chi connectivity index (χ3v) is 4.18. The summed E-state index contributed by atoms with van der Waals surface area (Å²) >= 11 is 13.0. The summed E-state index contributed by atoms with van der Waals surface area (Å²) in [6, 6.07) is 4.58. The van der Waals surface area contributed by atoms with Gasteiger partial charge in [-0.25, -0.2) is 4.98 Å². The zero-order chi connectivity index (χ0) is 15.6. The molecule has 5 nitrogen and oxygen atoms in total. The molecule has 0 radical (unpaired) electrons. The van der Waals surface area contributed by atoms with Crippen LogP contribution in [0.1, 0.15) is 10.6 Å². The van der Waals surface area contributed by atoms with E-state index >= 15 is 0 Å². The quantitative estimate of drug-likeness (QED) is 0.817. The molecular formula is C13H11Cl2N3O2S. The van der Waals surface area contributed by atoms with Crippen LogP contribution in [0.5, 0.6) is 0 Å². The van der Waals surface area contributed by atoms with Crippen LogP contribution in [0.3, 0.4) is 0 Å². The maximum absolute atomic E-state index is 11.8. The monoisotopic (exact) mass is 343 g/mol. The van der Waals surface area contributed by atoms with Crippen LogP contribution in [-0.2, 0) is 9.59 Å². The van der Waals surface area contributed by atoms with E-state index in [4.69, 9.17) is 23.2 Å². The van der Waals surface area contributed by atoms with E-state index in [1.165, 1.54) is 23.5 Å². The fraction of sp³-hybridized carbons (Fsp3) is 0.154. The largest absolute Gasteiger partial charge is 0.316 e. The molecule has 1 aromatic heterocycles. The van der Waals surface area contributed by atoms with E-state index in [0.29, 0.717) is 15.2 Å². The summed E-state index contributed by atoms with van der Waals surface area (Å²) in [5.41, 5.74) is 1.09. The van der Waals surface area contributed by atoms with Crippen LogP contribution in [0, 0.1) is 13.8 Å². The van der Waals surface area contributed by atoms with Gasteiger partial charge in [0.05, 0.1) is 16.4 Å². The van der Waals surface area contributed by atoms with Gasteiger partial charge >= 0.3 is 11.8 Å². The molecular weight excluding hydrogens is 333 g/mol. The number of anilines is 2. The predicted molar refractivity (Wildman–Crippen MR) is 85.3 cm³/mol. The van der Waals surface area contributed by atoms with Gasteiger partial charge in [0, 0.05) is 9.90 Å². The van der Waals surface area contributed by atoms with Crippen molar-refractivity contribution in [2.24, 2.45) is 0 Å². The van der Waals surface area contributed by atoms with E-state index in [0.717, 1.165) is 10.6 Å². The SMILES string of the molecule is Cc1nc(NC(=O)C(=O)Nc2cc(Cl)ccc2Cl)sc1C. The van der Waals surface area contributed by atoms with Gasteiger partial charge in [-0.3, -0.25) is 14.9 Å². The maximum Gasteiger partial charge on any atom is 0.315 e. The van der Waals surface area contributed by atoms with Crippen molar-refractivity contribution in [3.8, 4) is 0 Å². The lowest BCUT2D eigenvalue weighted by atomic mass is 10.3. The van der Waals surface area contributed by atoms with E-state index in [1.807, 2.05) is 13.8 Å².